The Morgan fingerprint density at radius 3 is 2.43 bits per heavy atom. The van der Waals surface area contributed by atoms with Crippen molar-refractivity contribution in [2.45, 2.75) is 27.2 Å². The Morgan fingerprint density at radius 1 is 1.35 bits per heavy atom. The predicted octanol–water partition coefficient (Wildman–Crippen LogP) is 1.70. The van der Waals surface area contributed by atoms with E-state index in [-0.39, 0.29) is 37.2 Å². The Morgan fingerprint density at radius 2 is 2.00 bits per heavy atom. The lowest BCUT2D eigenvalue weighted by molar-refractivity contribution is -0.155. The molecule has 2 amide bonds. The van der Waals surface area contributed by atoms with Crippen molar-refractivity contribution < 1.29 is 28.7 Å². The predicted molar refractivity (Wildman–Crippen MR) is 84.7 cm³/mol. The summed E-state index contributed by atoms with van der Waals surface area (Å²) >= 11 is 1.02. The van der Waals surface area contributed by atoms with Gasteiger partial charge in [-0.15, -0.1) is 0 Å². The molecule has 8 heteroatoms. The summed E-state index contributed by atoms with van der Waals surface area (Å²) in [5.74, 6) is -2.80. The minimum Gasteiger partial charge on any atom is -0.466 e. The molecule has 1 heterocycles. The first-order chi connectivity index (χ1) is 10.8. The average Bonchev–Trinajstić information content (AvgIpc) is 2.92. The molecule has 23 heavy (non-hydrogen) atoms. The molecule has 1 rings (SSSR count). The van der Waals surface area contributed by atoms with Crippen LogP contribution in [0.5, 0.6) is 0 Å². The van der Waals surface area contributed by atoms with Crippen molar-refractivity contribution in [3.05, 3.63) is 0 Å². The first-order valence-corrected chi connectivity index (χ1v) is 8.77. The minimum absolute atomic E-state index is 0.136. The molecule has 1 fully saturated rings. The molecule has 0 unspecified atom stereocenters. The highest BCUT2D eigenvalue weighted by atomic mass is 32.2. The molecule has 0 aliphatic carbocycles. The van der Waals surface area contributed by atoms with Crippen LogP contribution in [-0.4, -0.2) is 54.0 Å². The molecule has 1 saturated heterocycles. The number of carbonyl (C=O) groups is 4. The van der Waals surface area contributed by atoms with Gasteiger partial charge in [0.1, 0.15) is 6.61 Å². The van der Waals surface area contributed by atoms with E-state index in [1.54, 1.807) is 13.2 Å². The average molecular weight is 345 g/mol. The van der Waals surface area contributed by atoms with Gasteiger partial charge in [0.25, 0.3) is 0 Å². The highest BCUT2D eigenvalue weighted by Crippen LogP contribution is 2.30. The topological polar surface area (TPSA) is 90.0 Å². The van der Waals surface area contributed by atoms with Crippen LogP contribution in [0, 0.1) is 17.8 Å². The number of esters is 1. The van der Waals surface area contributed by atoms with Gasteiger partial charge in [-0.1, -0.05) is 25.6 Å². The summed E-state index contributed by atoms with van der Waals surface area (Å²) in [5, 5.41) is -0.171. The van der Waals surface area contributed by atoms with E-state index >= 15 is 0 Å². The molecule has 0 N–H and O–H groups in total. The largest absolute Gasteiger partial charge is 0.466 e. The van der Waals surface area contributed by atoms with Gasteiger partial charge in [-0.05, 0) is 19.1 Å². The number of amides is 2. The number of nitrogens with zero attached hydrogens (tertiary/aromatic N) is 1. The molecule has 0 aromatic rings. The van der Waals surface area contributed by atoms with Gasteiger partial charge in [0, 0.05) is 12.3 Å². The number of ether oxygens (including phenoxy) is 2. The fourth-order valence-electron chi connectivity index (χ4n) is 2.56. The van der Waals surface area contributed by atoms with Crippen molar-refractivity contribution in [2.75, 3.05) is 26.0 Å². The van der Waals surface area contributed by atoms with Crippen LogP contribution in [0.2, 0.25) is 0 Å². The van der Waals surface area contributed by atoms with Gasteiger partial charge >= 0.3 is 12.1 Å². The normalized spacial score (nSPS) is 16.9. The highest BCUT2D eigenvalue weighted by Gasteiger charge is 2.40. The number of thioether (sulfide) groups is 1. The van der Waals surface area contributed by atoms with Crippen LogP contribution in [0.1, 0.15) is 27.2 Å². The molecular formula is C15H23NO6S. The lowest BCUT2D eigenvalue weighted by atomic mass is 9.82. The second-order valence-corrected chi connectivity index (χ2v) is 6.33. The van der Waals surface area contributed by atoms with Gasteiger partial charge in [0.2, 0.25) is 5.91 Å². The molecule has 0 aromatic carbocycles. The fourth-order valence-corrected chi connectivity index (χ4v) is 3.27. The number of imide groups is 1. The first kappa shape index (κ1) is 19.5. The van der Waals surface area contributed by atoms with Gasteiger partial charge in [-0.2, -0.15) is 0 Å². The van der Waals surface area contributed by atoms with Gasteiger partial charge in [-0.3, -0.25) is 14.4 Å². The number of carbonyl (C=O) groups excluding carboxylic acids is 4. The molecule has 0 aromatic heterocycles. The molecule has 130 valence electrons. The van der Waals surface area contributed by atoms with Gasteiger partial charge in [0.05, 0.1) is 19.1 Å². The quantitative estimate of drug-likeness (QED) is 0.649. The van der Waals surface area contributed by atoms with Crippen LogP contribution in [0.15, 0.2) is 0 Å². The van der Waals surface area contributed by atoms with Crippen LogP contribution in [0.3, 0.4) is 0 Å². The summed E-state index contributed by atoms with van der Waals surface area (Å²) in [6, 6.07) is 0. The van der Waals surface area contributed by atoms with Crippen LogP contribution < -0.4 is 0 Å². The zero-order valence-electron chi connectivity index (χ0n) is 13.9. The highest BCUT2D eigenvalue weighted by molar-refractivity contribution is 8.13. The van der Waals surface area contributed by atoms with E-state index in [9.17, 15) is 19.2 Å². The lowest BCUT2D eigenvalue weighted by Gasteiger charge is -2.27. The van der Waals surface area contributed by atoms with Crippen molar-refractivity contribution >= 4 is 34.8 Å². The van der Waals surface area contributed by atoms with Crippen LogP contribution in [0.4, 0.5) is 4.79 Å². The number of rotatable bonds is 7. The van der Waals surface area contributed by atoms with Gasteiger partial charge in [-0.25, -0.2) is 9.69 Å². The molecule has 1 aliphatic heterocycles. The van der Waals surface area contributed by atoms with E-state index in [4.69, 9.17) is 9.47 Å². The van der Waals surface area contributed by atoms with Crippen molar-refractivity contribution in [3.63, 3.8) is 0 Å². The maximum absolute atomic E-state index is 12.3. The maximum atomic E-state index is 12.3. The SMILES string of the molecule is CCOC(=O)[C@@H](CC(=O)N1CCOC1=O)[C@@H](C(=O)SC)C(C)C. The summed E-state index contributed by atoms with van der Waals surface area (Å²) in [6.07, 6.45) is 0.678. The summed E-state index contributed by atoms with van der Waals surface area (Å²) in [5.41, 5.74) is 0. The summed E-state index contributed by atoms with van der Waals surface area (Å²) in [4.78, 5) is 49.2. The Bertz CT molecular complexity index is 479. The second kappa shape index (κ2) is 8.90. The van der Waals surface area contributed by atoms with Gasteiger partial charge in [0.15, 0.2) is 5.12 Å². The Hall–Kier alpha value is -1.57. The zero-order valence-corrected chi connectivity index (χ0v) is 14.7. The maximum Gasteiger partial charge on any atom is 0.416 e. The van der Waals surface area contributed by atoms with E-state index in [1.165, 1.54) is 0 Å². The van der Waals surface area contributed by atoms with E-state index in [2.05, 4.69) is 0 Å². The molecule has 1 aliphatic rings. The lowest BCUT2D eigenvalue weighted by Crippen LogP contribution is -2.40. The fraction of sp³-hybridized carbons (Fsp3) is 0.733. The van der Waals surface area contributed by atoms with Crippen molar-refractivity contribution in [1.82, 2.24) is 4.90 Å². The smallest absolute Gasteiger partial charge is 0.416 e. The second-order valence-electron chi connectivity index (χ2n) is 5.52. The Labute approximate surface area is 140 Å². The van der Waals surface area contributed by atoms with Crippen molar-refractivity contribution in [3.8, 4) is 0 Å². The molecule has 7 nitrogen and oxygen atoms in total. The molecule has 0 spiro atoms. The number of hydrogen-bond donors (Lipinski definition) is 0. The van der Waals surface area contributed by atoms with Crippen LogP contribution in [-0.2, 0) is 23.9 Å². The van der Waals surface area contributed by atoms with Gasteiger partial charge < -0.3 is 9.47 Å². The third kappa shape index (κ3) is 4.95. The minimum atomic E-state index is -0.907. The number of cyclic esters (lactones) is 1. The van der Waals surface area contributed by atoms with Crippen LogP contribution >= 0.6 is 11.8 Å². The van der Waals surface area contributed by atoms with E-state index in [1.807, 2.05) is 13.8 Å². The molecule has 0 bridgehead atoms. The summed E-state index contributed by atoms with van der Waals surface area (Å²) < 4.78 is 9.76. The third-order valence-corrected chi connectivity index (χ3v) is 4.35. The Kier molecular flexibility index (Phi) is 7.54. The Balaban J connectivity index is 2.99. The monoisotopic (exact) mass is 345 g/mol. The number of hydrogen-bond acceptors (Lipinski definition) is 7. The zero-order chi connectivity index (χ0) is 17.6. The summed E-state index contributed by atoms with van der Waals surface area (Å²) in [7, 11) is 0. The standard InChI is InChI=1S/C15H23NO6S/c1-5-21-13(18)10(12(9(2)3)14(19)23-4)8-11(17)16-6-7-22-15(16)20/h9-10,12H,5-8H2,1-4H3/t10-,12-/m0/s1. The molecule has 2 atom stereocenters. The van der Waals surface area contributed by atoms with E-state index in [0.717, 1.165) is 16.7 Å². The molecule has 0 radical (unpaired) electrons. The third-order valence-electron chi connectivity index (χ3n) is 3.67. The van der Waals surface area contributed by atoms with E-state index in [0.29, 0.717) is 0 Å². The van der Waals surface area contributed by atoms with Crippen molar-refractivity contribution in [2.24, 2.45) is 17.8 Å². The summed E-state index contributed by atoms with van der Waals surface area (Å²) in [6.45, 7) is 5.77. The van der Waals surface area contributed by atoms with Crippen LogP contribution in [0.25, 0.3) is 0 Å². The van der Waals surface area contributed by atoms with Crippen molar-refractivity contribution in [1.29, 1.82) is 0 Å². The molecular weight excluding hydrogens is 322 g/mol. The van der Waals surface area contributed by atoms with E-state index < -0.39 is 29.8 Å². The molecule has 0 saturated carbocycles. The first-order valence-electron chi connectivity index (χ1n) is 7.55.